The van der Waals surface area contributed by atoms with Gasteiger partial charge < -0.3 is 11.1 Å². The Morgan fingerprint density at radius 3 is 2.95 bits per heavy atom. The first-order valence-corrected chi connectivity index (χ1v) is 6.79. The van der Waals surface area contributed by atoms with Gasteiger partial charge in [0.15, 0.2) is 0 Å². The van der Waals surface area contributed by atoms with E-state index in [4.69, 9.17) is 5.73 Å². The minimum absolute atomic E-state index is 0.324. The van der Waals surface area contributed by atoms with Crippen molar-refractivity contribution in [2.24, 2.45) is 5.73 Å². The monoisotopic (exact) mass is 257 g/mol. The summed E-state index contributed by atoms with van der Waals surface area (Å²) in [4.78, 5) is 4.00. The van der Waals surface area contributed by atoms with Gasteiger partial charge in [-0.1, -0.05) is 12.1 Å². The Hall–Kier alpha value is -1.88. The maximum Gasteiger partial charge on any atom is 0.138 e. The first-order valence-electron chi connectivity index (χ1n) is 6.79. The molecule has 1 aromatic carbocycles. The summed E-state index contributed by atoms with van der Waals surface area (Å²) in [7, 11) is 0. The number of aromatic nitrogens is 3. The van der Waals surface area contributed by atoms with E-state index in [1.807, 2.05) is 18.2 Å². The Balaban J connectivity index is 1.81. The molecule has 1 aliphatic carbocycles. The molecule has 5 heteroatoms. The van der Waals surface area contributed by atoms with Crippen LogP contribution >= 0.6 is 0 Å². The van der Waals surface area contributed by atoms with E-state index in [0.29, 0.717) is 12.1 Å². The van der Waals surface area contributed by atoms with Gasteiger partial charge in [0.05, 0.1) is 11.4 Å². The van der Waals surface area contributed by atoms with Crippen molar-refractivity contribution in [3.05, 3.63) is 36.9 Å². The van der Waals surface area contributed by atoms with Crippen molar-refractivity contribution in [3.63, 3.8) is 0 Å². The third kappa shape index (κ3) is 2.76. The second kappa shape index (κ2) is 5.40. The normalized spacial score (nSPS) is 23.2. The van der Waals surface area contributed by atoms with Crippen molar-refractivity contribution >= 4 is 5.69 Å². The number of nitrogens with two attached hydrogens (primary N) is 1. The van der Waals surface area contributed by atoms with Crippen LogP contribution in [0.25, 0.3) is 5.69 Å². The molecule has 2 atom stereocenters. The van der Waals surface area contributed by atoms with Crippen molar-refractivity contribution in [3.8, 4) is 5.69 Å². The zero-order valence-corrected chi connectivity index (χ0v) is 10.9. The molecule has 0 bridgehead atoms. The van der Waals surface area contributed by atoms with Crippen LogP contribution in [-0.4, -0.2) is 26.8 Å². The molecule has 0 saturated heterocycles. The topological polar surface area (TPSA) is 68.8 Å². The molecule has 0 radical (unpaired) electrons. The van der Waals surface area contributed by atoms with Crippen molar-refractivity contribution < 1.29 is 0 Å². The zero-order chi connectivity index (χ0) is 13.1. The van der Waals surface area contributed by atoms with Crippen LogP contribution in [0.2, 0.25) is 0 Å². The lowest BCUT2D eigenvalue weighted by Gasteiger charge is -2.28. The van der Waals surface area contributed by atoms with Crippen molar-refractivity contribution in [1.29, 1.82) is 0 Å². The molecule has 1 aromatic heterocycles. The quantitative estimate of drug-likeness (QED) is 0.881. The number of para-hydroxylation sites is 2. The summed E-state index contributed by atoms with van der Waals surface area (Å²) in [5.74, 6) is 0. The summed E-state index contributed by atoms with van der Waals surface area (Å²) in [6, 6.07) is 8.94. The van der Waals surface area contributed by atoms with E-state index >= 15 is 0 Å². The molecular formula is C14H19N5. The zero-order valence-electron chi connectivity index (χ0n) is 10.9. The standard InChI is InChI=1S/C14H19N5/c15-11-4-3-5-12(8-11)18-13-6-1-2-7-14(13)19-10-16-9-17-19/h1-2,6-7,9-12,18H,3-5,8,15H2. The van der Waals surface area contributed by atoms with Crippen LogP contribution in [0, 0.1) is 0 Å². The summed E-state index contributed by atoms with van der Waals surface area (Å²) in [5.41, 5.74) is 8.16. The van der Waals surface area contributed by atoms with Crippen molar-refractivity contribution in [2.75, 3.05) is 5.32 Å². The van der Waals surface area contributed by atoms with Gasteiger partial charge in [-0.2, -0.15) is 5.10 Å². The van der Waals surface area contributed by atoms with Crippen LogP contribution in [-0.2, 0) is 0 Å². The highest BCUT2D eigenvalue weighted by molar-refractivity contribution is 5.60. The number of hydrogen-bond donors (Lipinski definition) is 2. The van der Waals surface area contributed by atoms with E-state index in [1.54, 1.807) is 17.3 Å². The summed E-state index contributed by atoms with van der Waals surface area (Å²) >= 11 is 0. The lowest BCUT2D eigenvalue weighted by atomic mass is 9.91. The number of rotatable bonds is 3. The Kier molecular flexibility index (Phi) is 3.46. The molecular weight excluding hydrogens is 238 g/mol. The molecule has 1 heterocycles. The van der Waals surface area contributed by atoms with Gasteiger partial charge in [-0.3, -0.25) is 0 Å². The maximum atomic E-state index is 6.04. The molecule has 1 saturated carbocycles. The van der Waals surface area contributed by atoms with E-state index in [2.05, 4.69) is 21.5 Å². The van der Waals surface area contributed by atoms with Gasteiger partial charge in [0.1, 0.15) is 12.7 Å². The molecule has 2 unspecified atom stereocenters. The molecule has 2 aromatic rings. The highest BCUT2D eigenvalue weighted by atomic mass is 15.3. The number of anilines is 1. The average Bonchev–Trinajstić information content (AvgIpc) is 2.93. The van der Waals surface area contributed by atoms with Crippen molar-refractivity contribution in [1.82, 2.24) is 14.8 Å². The molecule has 100 valence electrons. The van der Waals surface area contributed by atoms with E-state index in [1.165, 1.54) is 12.8 Å². The molecule has 0 aliphatic heterocycles. The second-order valence-corrected chi connectivity index (χ2v) is 5.13. The first-order chi connectivity index (χ1) is 9.33. The van der Waals surface area contributed by atoms with Crippen LogP contribution in [0.5, 0.6) is 0 Å². The van der Waals surface area contributed by atoms with Crippen LogP contribution in [0.4, 0.5) is 5.69 Å². The summed E-state index contributed by atoms with van der Waals surface area (Å²) in [6.07, 6.45) is 7.82. The smallest absolute Gasteiger partial charge is 0.138 e. The van der Waals surface area contributed by atoms with Crippen molar-refractivity contribution in [2.45, 2.75) is 37.8 Å². The van der Waals surface area contributed by atoms with Crippen LogP contribution in [0.1, 0.15) is 25.7 Å². The molecule has 5 nitrogen and oxygen atoms in total. The van der Waals surface area contributed by atoms with Gasteiger partial charge in [0.25, 0.3) is 0 Å². The Bertz CT molecular complexity index is 522. The molecule has 3 rings (SSSR count). The highest BCUT2D eigenvalue weighted by Gasteiger charge is 2.19. The van der Waals surface area contributed by atoms with Crippen LogP contribution in [0.3, 0.4) is 0 Å². The van der Waals surface area contributed by atoms with Gasteiger partial charge >= 0.3 is 0 Å². The fraction of sp³-hybridized carbons (Fsp3) is 0.429. The summed E-state index contributed by atoms with van der Waals surface area (Å²) in [5, 5.41) is 7.80. The molecule has 0 amide bonds. The number of nitrogens with one attached hydrogen (secondary N) is 1. The number of nitrogens with zero attached hydrogens (tertiary/aromatic N) is 3. The first kappa shape index (κ1) is 12.2. The Morgan fingerprint density at radius 1 is 1.26 bits per heavy atom. The predicted molar refractivity (Wildman–Crippen MR) is 75.2 cm³/mol. The fourth-order valence-electron chi connectivity index (χ4n) is 2.71. The molecule has 19 heavy (non-hydrogen) atoms. The molecule has 0 spiro atoms. The van der Waals surface area contributed by atoms with E-state index in [9.17, 15) is 0 Å². The second-order valence-electron chi connectivity index (χ2n) is 5.13. The molecule has 1 aliphatic rings. The van der Waals surface area contributed by atoms with Crippen LogP contribution < -0.4 is 11.1 Å². The number of hydrogen-bond acceptors (Lipinski definition) is 4. The molecule has 1 fully saturated rings. The van der Waals surface area contributed by atoms with E-state index in [0.717, 1.165) is 24.2 Å². The predicted octanol–water partition coefficient (Wildman–Crippen LogP) is 1.95. The van der Waals surface area contributed by atoms with Crippen LogP contribution in [0.15, 0.2) is 36.9 Å². The lowest BCUT2D eigenvalue weighted by Crippen LogP contribution is -2.35. The maximum absolute atomic E-state index is 6.04. The van der Waals surface area contributed by atoms with Gasteiger partial charge in [0, 0.05) is 12.1 Å². The highest BCUT2D eigenvalue weighted by Crippen LogP contribution is 2.25. The van der Waals surface area contributed by atoms with Gasteiger partial charge in [-0.25, -0.2) is 9.67 Å². The lowest BCUT2D eigenvalue weighted by molar-refractivity contribution is 0.409. The summed E-state index contributed by atoms with van der Waals surface area (Å²) < 4.78 is 1.78. The SMILES string of the molecule is NC1CCCC(Nc2ccccc2-n2cncn2)C1. The Morgan fingerprint density at radius 2 is 2.16 bits per heavy atom. The number of benzene rings is 1. The largest absolute Gasteiger partial charge is 0.381 e. The van der Waals surface area contributed by atoms with Gasteiger partial charge in [0.2, 0.25) is 0 Å². The minimum Gasteiger partial charge on any atom is -0.381 e. The third-order valence-electron chi connectivity index (χ3n) is 3.64. The molecule has 3 N–H and O–H groups in total. The van der Waals surface area contributed by atoms with Gasteiger partial charge in [-0.05, 0) is 37.8 Å². The third-order valence-corrected chi connectivity index (χ3v) is 3.64. The average molecular weight is 257 g/mol. The van der Waals surface area contributed by atoms with Gasteiger partial charge in [-0.15, -0.1) is 0 Å². The fourth-order valence-corrected chi connectivity index (χ4v) is 2.71. The summed E-state index contributed by atoms with van der Waals surface area (Å²) in [6.45, 7) is 0. The van der Waals surface area contributed by atoms with E-state index in [-0.39, 0.29) is 0 Å². The Labute approximate surface area is 112 Å². The van der Waals surface area contributed by atoms with E-state index < -0.39 is 0 Å². The minimum atomic E-state index is 0.324.